The van der Waals surface area contributed by atoms with Gasteiger partial charge in [-0.2, -0.15) is 13.2 Å². The van der Waals surface area contributed by atoms with Crippen LogP contribution in [0, 0.1) is 0 Å². The molecule has 1 aliphatic heterocycles. The zero-order chi connectivity index (χ0) is 24.7. The molecule has 6 nitrogen and oxygen atoms in total. The van der Waals surface area contributed by atoms with Gasteiger partial charge in [-0.05, 0) is 31.5 Å². The third-order valence-electron chi connectivity index (χ3n) is 5.78. The number of fused-ring (bicyclic) bond motifs is 1. The van der Waals surface area contributed by atoms with Crippen LogP contribution in [0.1, 0.15) is 25.0 Å². The van der Waals surface area contributed by atoms with Crippen LogP contribution in [0.2, 0.25) is 0 Å². The number of hydrogen-bond donors (Lipinski definition) is 0. The summed E-state index contributed by atoms with van der Waals surface area (Å²) in [6, 6.07) is 11.1. The second kappa shape index (κ2) is 9.07. The molecule has 3 aromatic rings. The number of hydrogen-bond acceptors (Lipinski definition) is 4. The lowest BCUT2D eigenvalue weighted by atomic mass is 10.1. The zero-order valence-electron chi connectivity index (χ0n) is 18.7. The van der Waals surface area contributed by atoms with Gasteiger partial charge in [0.2, 0.25) is 5.91 Å². The molecular formula is C24H25F3N2O4S. The lowest BCUT2D eigenvalue weighted by molar-refractivity contribution is -0.143. The molecule has 182 valence electrons. The number of sulfone groups is 1. The van der Waals surface area contributed by atoms with Gasteiger partial charge in [0, 0.05) is 30.2 Å². The number of aromatic nitrogens is 1. The molecule has 2 heterocycles. The molecule has 0 spiro atoms. The van der Waals surface area contributed by atoms with E-state index in [2.05, 4.69) is 0 Å². The summed E-state index contributed by atoms with van der Waals surface area (Å²) in [4.78, 5) is 14.7. The molecule has 0 unspecified atom stereocenters. The van der Waals surface area contributed by atoms with Crippen molar-refractivity contribution in [2.24, 2.45) is 0 Å². The summed E-state index contributed by atoms with van der Waals surface area (Å²) in [6.45, 7) is 4.62. The maximum atomic E-state index is 13.3. The third-order valence-corrected chi connectivity index (χ3v) is 7.48. The number of ether oxygens (including phenoxy) is 1. The molecule has 1 fully saturated rings. The predicted octanol–water partition coefficient (Wildman–Crippen LogP) is 4.27. The van der Waals surface area contributed by atoms with Crippen LogP contribution in [-0.4, -0.2) is 49.1 Å². The topological polar surface area (TPSA) is 68.6 Å². The smallest absolute Gasteiger partial charge is 0.372 e. The molecule has 2 atom stereocenters. The van der Waals surface area contributed by atoms with Crippen LogP contribution in [0.15, 0.2) is 59.6 Å². The van der Waals surface area contributed by atoms with E-state index in [0.717, 1.165) is 12.1 Å². The summed E-state index contributed by atoms with van der Waals surface area (Å²) < 4.78 is 73.0. The van der Waals surface area contributed by atoms with Gasteiger partial charge >= 0.3 is 6.18 Å². The fourth-order valence-corrected chi connectivity index (χ4v) is 5.92. The normalized spacial score (nSPS) is 19.5. The Labute approximate surface area is 195 Å². The Balaban J connectivity index is 1.64. The molecule has 0 radical (unpaired) electrons. The van der Waals surface area contributed by atoms with Gasteiger partial charge in [-0.25, -0.2) is 8.42 Å². The first-order valence-electron chi connectivity index (χ1n) is 10.8. The van der Waals surface area contributed by atoms with Crippen molar-refractivity contribution in [1.82, 2.24) is 9.47 Å². The molecular weight excluding hydrogens is 469 g/mol. The van der Waals surface area contributed by atoms with Crippen molar-refractivity contribution in [2.75, 3.05) is 13.1 Å². The van der Waals surface area contributed by atoms with Crippen LogP contribution >= 0.6 is 0 Å². The lowest BCUT2D eigenvalue weighted by Crippen LogP contribution is -2.49. The Morgan fingerprint density at radius 3 is 2.41 bits per heavy atom. The van der Waals surface area contributed by atoms with Crippen molar-refractivity contribution < 1.29 is 31.1 Å². The number of rotatable bonds is 5. The van der Waals surface area contributed by atoms with Gasteiger partial charge in [-0.15, -0.1) is 0 Å². The first-order valence-corrected chi connectivity index (χ1v) is 12.5. The molecule has 10 heteroatoms. The summed E-state index contributed by atoms with van der Waals surface area (Å²) in [5, 5.41) is 0.422. The van der Waals surface area contributed by atoms with Gasteiger partial charge in [-0.1, -0.05) is 36.4 Å². The Hall–Kier alpha value is -2.85. The number of amides is 1. The van der Waals surface area contributed by atoms with Gasteiger partial charge in [0.1, 0.15) is 6.54 Å². The van der Waals surface area contributed by atoms with Crippen LogP contribution in [0.4, 0.5) is 13.2 Å². The average Bonchev–Trinajstić information content (AvgIpc) is 3.12. The molecule has 34 heavy (non-hydrogen) atoms. The van der Waals surface area contributed by atoms with Gasteiger partial charge in [0.15, 0.2) is 9.84 Å². The number of nitrogens with zero attached hydrogens (tertiary/aromatic N) is 2. The second-order valence-corrected chi connectivity index (χ2v) is 10.6. The van der Waals surface area contributed by atoms with E-state index in [0.29, 0.717) is 24.0 Å². The minimum atomic E-state index is -4.56. The molecule has 1 aromatic heterocycles. The van der Waals surface area contributed by atoms with Gasteiger partial charge in [0.25, 0.3) is 0 Å². The molecule has 4 rings (SSSR count). The third kappa shape index (κ3) is 5.12. The van der Waals surface area contributed by atoms with E-state index in [9.17, 15) is 26.4 Å². The predicted molar refractivity (Wildman–Crippen MR) is 121 cm³/mol. The average molecular weight is 495 g/mol. The number of carbonyl (C=O) groups excluding carboxylic acids is 1. The maximum absolute atomic E-state index is 13.3. The van der Waals surface area contributed by atoms with E-state index in [1.54, 1.807) is 33.7 Å². The van der Waals surface area contributed by atoms with Crippen LogP contribution in [0.3, 0.4) is 0 Å². The molecule has 0 bridgehead atoms. The molecule has 1 saturated heterocycles. The first kappa shape index (κ1) is 24.3. The Kier molecular flexibility index (Phi) is 6.48. The summed E-state index contributed by atoms with van der Waals surface area (Å²) >= 11 is 0. The molecule has 0 saturated carbocycles. The highest BCUT2D eigenvalue weighted by atomic mass is 32.2. The fourth-order valence-electron chi connectivity index (χ4n) is 4.35. The first-order chi connectivity index (χ1) is 15.9. The van der Waals surface area contributed by atoms with E-state index >= 15 is 0 Å². The van der Waals surface area contributed by atoms with Crippen LogP contribution in [0.5, 0.6) is 0 Å². The Bertz CT molecular complexity index is 1310. The minimum absolute atomic E-state index is 0.0166. The number of morpholine rings is 1. The van der Waals surface area contributed by atoms with Gasteiger partial charge < -0.3 is 14.2 Å². The number of benzene rings is 2. The van der Waals surface area contributed by atoms with Crippen LogP contribution in [0.25, 0.3) is 10.9 Å². The van der Waals surface area contributed by atoms with Crippen molar-refractivity contribution in [1.29, 1.82) is 0 Å². The number of alkyl halides is 3. The van der Waals surface area contributed by atoms with E-state index in [-0.39, 0.29) is 35.1 Å². The SMILES string of the molecule is C[C@H]1CN(C(=O)Cn2cc(S(=O)(=O)Cc3cccc(C(F)(F)F)c3)c3ccccc32)C[C@H](C)O1. The van der Waals surface area contributed by atoms with Crippen LogP contribution in [-0.2, 0) is 37.8 Å². The minimum Gasteiger partial charge on any atom is -0.372 e. The van der Waals surface area contributed by atoms with Crippen LogP contribution < -0.4 is 0 Å². The van der Waals surface area contributed by atoms with Gasteiger partial charge in [-0.3, -0.25) is 4.79 Å². The molecule has 0 aliphatic carbocycles. The monoisotopic (exact) mass is 494 g/mol. The van der Waals surface area contributed by atoms with Crippen molar-refractivity contribution >= 4 is 26.6 Å². The molecule has 1 amide bonds. The maximum Gasteiger partial charge on any atom is 0.416 e. The summed E-state index contributed by atoms with van der Waals surface area (Å²) in [5.74, 6) is -0.748. The van der Waals surface area contributed by atoms with E-state index in [1.165, 1.54) is 18.3 Å². The zero-order valence-corrected chi connectivity index (χ0v) is 19.6. The van der Waals surface area contributed by atoms with Gasteiger partial charge in [0.05, 0.1) is 28.4 Å². The van der Waals surface area contributed by atoms with Crippen molar-refractivity contribution in [3.63, 3.8) is 0 Å². The highest BCUT2D eigenvalue weighted by Gasteiger charge is 2.31. The standard InChI is InChI=1S/C24H25F3N2O4S/c1-16-11-29(12-17(2)33-16)23(30)14-28-13-22(20-8-3-4-9-21(20)28)34(31,32)15-18-6-5-7-19(10-18)24(25,26)27/h3-10,13,16-17H,11-12,14-15H2,1-2H3/t16-,17-/m0/s1. The van der Waals surface area contributed by atoms with Crippen molar-refractivity contribution in [2.45, 2.75) is 49.4 Å². The van der Waals surface area contributed by atoms with Crippen molar-refractivity contribution in [3.8, 4) is 0 Å². The summed E-state index contributed by atoms with van der Waals surface area (Å²) in [7, 11) is -3.99. The highest BCUT2D eigenvalue weighted by Crippen LogP contribution is 2.32. The molecule has 1 aliphatic rings. The van der Waals surface area contributed by atoms with E-state index in [1.807, 2.05) is 13.8 Å². The van der Waals surface area contributed by atoms with E-state index in [4.69, 9.17) is 4.74 Å². The number of halogens is 3. The second-order valence-electron chi connectivity index (χ2n) is 8.65. The Morgan fingerprint density at radius 2 is 1.74 bits per heavy atom. The summed E-state index contributed by atoms with van der Waals surface area (Å²) in [5.41, 5.74) is -0.297. The fraction of sp³-hybridized carbons (Fsp3) is 0.375. The largest absolute Gasteiger partial charge is 0.416 e. The molecule has 0 N–H and O–H groups in total. The lowest BCUT2D eigenvalue weighted by Gasteiger charge is -2.35. The van der Waals surface area contributed by atoms with Crippen molar-refractivity contribution in [3.05, 3.63) is 65.9 Å². The Morgan fingerprint density at radius 1 is 1.06 bits per heavy atom. The molecule has 2 aromatic carbocycles. The summed E-state index contributed by atoms with van der Waals surface area (Å²) in [6.07, 6.45) is -3.36. The quantitative estimate of drug-likeness (QED) is 0.531. The number of para-hydroxylation sites is 1. The number of carbonyl (C=O) groups is 1. The highest BCUT2D eigenvalue weighted by molar-refractivity contribution is 7.90. The van der Waals surface area contributed by atoms with E-state index < -0.39 is 27.3 Å².